The van der Waals surface area contributed by atoms with Crippen LogP contribution in [0.3, 0.4) is 0 Å². The molecule has 0 saturated heterocycles. The molecule has 0 aliphatic heterocycles. The smallest absolute Gasteiger partial charge is 0.337 e. The van der Waals surface area contributed by atoms with Gasteiger partial charge in [-0.25, -0.2) is 17.9 Å². The van der Waals surface area contributed by atoms with Crippen molar-refractivity contribution in [2.24, 2.45) is 0 Å². The minimum atomic E-state index is -3.96. The van der Waals surface area contributed by atoms with Gasteiger partial charge in [0.2, 0.25) is 10.0 Å². The van der Waals surface area contributed by atoms with Gasteiger partial charge in [-0.15, -0.1) is 0 Å². The van der Waals surface area contributed by atoms with E-state index in [0.717, 1.165) is 0 Å². The quantitative estimate of drug-likeness (QED) is 0.590. The number of methoxy groups -OCH3 is 1. The van der Waals surface area contributed by atoms with E-state index >= 15 is 0 Å². The van der Waals surface area contributed by atoms with Crippen molar-refractivity contribution < 1.29 is 31.9 Å². The van der Waals surface area contributed by atoms with Crippen LogP contribution in [0.1, 0.15) is 21.7 Å². The molecule has 1 unspecified atom stereocenters. The monoisotopic (exact) mass is 391 g/mol. The van der Waals surface area contributed by atoms with Crippen LogP contribution in [0.25, 0.3) is 0 Å². The number of carbonyl (C=O) groups excluding carboxylic acids is 1. The third-order valence-electron chi connectivity index (χ3n) is 4.03. The van der Waals surface area contributed by atoms with E-state index in [1.807, 2.05) is 0 Å². The molecule has 2 N–H and O–H groups in total. The summed E-state index contributed by atoms with van der Waals surface area (Å²) in [4.78, 5) is 11.4. The fourth-order valence-corrected chi connectivity index (χ4v) is 3.58. The zero-order chi connectivity index (χ0) is 19.5. The molecule has 0 aliphatic rings. The van der Waals surface area contributed by atoms with E-state index in [1.165, 1.54) is 62.3 Å². The van der Waals surface area contributed by atoms with E-state index in [1.54, 1.807) is 6.07 Å². The van der Waals surface area contributed by atoms with Gasteiger partial charge in [0, 0.05) is 5.56 Å². The van der Waals surface area contributed by atoms with Crippen LogP contribution in [0.15, 0.2) is 75.0 Å². The Hall–Kier alpha value is -2.88. The third-order valence-corrected chi connectivity index (χ3v) is 5.45. The summed E-state index contributed by atoms with van der Waals surface area (Å²) >= 11 is 0. The van der Waals surface area contributed by atoms with Gasteiger partial charge < -0.3 is 18.7 Å². The number of esters is 1. The molecule has 0 bridgehead atoms. The summed E-state index contributed by atoms with van der Waals surface area (Å²) in [6, 6.07) is 9.87. The summed E-state index contributed by atoms with van der Waals surface area (Å²) in [6.07, 6.45) is 4.05. The Labute approximate surface area is 155 Å². The van der Waals surface area contributed by atoms with Gasteiger partial charge >= 0.3 is 5.97 Å². The van der Waals surface area contributed by atoms with Crippen LogP contribution < -0.4 is 4.72 Å². The van der Waals surface area contributed by atoms with Crippen LogP contribution in [0.2, 0.25) is 0 Å². The molecule has 2 aromatic heterocycles. The number of hydrogen-bond donors (Lipinski definition) is 2. The molecule has 27 heavy (non-hydrogen) atoms. The average molecular weight is 391 g/mol. The molecule has 8 nitrogen and oxygen atoms in total. The van der Waals surface area contributed by atoms with Gasteiger partial charge in [0.05, 0.1) is 42.9 Å². The zero-order valence-electron chi connectivity index (χ0n) is 14.3. The van der Waals surface area contributed by atoms with E-state index in [-0.39, 0.29) is 22.8 Å². The molecule has 0 fully saturated rings. The Morgan fingerprint density at radius 2 is 1.93 bits per heavy atom. The fraction of sp³-hybridized carbons (Fsp3) is 0.167. The third kappa shape index (κ3) is 3.80. The SMILES string of the molecule is COC(=O)c1ccc(S(=O)(=O)NCC(O)(c2ccoc2)c2ccco2)cc1. The number of sulfonamides is 1. The second kappa shape index (κ2) is 7.39. The van der Waals surface area contributed by atoms with Crippen LogP contribution >= 0.6 is 0 Å². The molecular formula is C18H17NO7S. The van der Waals surface area contributed by atoms with E-state index in [4.69, 9.17) is 8.83 Å². The number of benzene rings is 1. The van der Waals surface area contributed by atoms with E-state index < -0.39 is 21.6 Å². The van der Waals surface area contributed by atoms with Gasteiger partial charge in [0.15, 0.2) is 5.60 Å². The average Bonchev–Trinajstić information content (AvgIpc) is 3.40. The van der Waals surface area contributed by atoms with Gasteiger partial charge in [0.1, 0.15) is 5.76 Å². The van der Waals surface area contributed by atoms with Gasteiger partial charge in [-0.3, -0.25) is 0 Å². The highest BCUT2D eigenvalue weighted by Crippen LogP contribution is 2.30. The van der Waals surface area contributed by atoms with Crippen molar-refractivity contribution in [1.29, 1.82) is 0 Å². The lowest BCUT2D eigenvalue weighted by molar-refractivity contribution is 0.0600. The van der Waals surface area contributed by atoms with Gasteiger partial charge in [0.25, 0.3) is 0 Å². The van der Waals surface area contributed by atoms with E-state index in [2.05, 4.69) is 9.46 Å². The molecule has 0 aliphatic carbocycles. The van der Waals surface area contributed by atoms with Crippen LogP contribution in [0.4, 0.5) is 0 Å². The molecule has 0 amide bonds. The maximum absolute atomic E-state index is 12.6. The maximum atomic E-state index is 12.6. The van der Waals surface area contributed by atoms with Crippen molar-refractivity contribution in [3.05, 3.63) is 78.1 Å². The Morgan fingerprint density at radius 3 is 2.48 bits per heavy atom. The summed E-state index contributed by atoms with van der Waals surface area (Å²) in [5.41, 5.74) is -1.20. The molecule has 3 aromatic rings. The van der Waals surface area contributed by atoms with Crippen LogP contribution in [-0.4, -0.2) is 33.1 Å². The van der Waals surface area contributed by atoms with Crippen LogP contribution in [0.5, 0.6) is 0 Å². The summed E-state index contributed by atoms with van der Waals surface area (Å²) in [5, 5.41) is 11.0. The summed E-state index contributed by atoms with van der Waals surface area (Å²) in [5.74, 6) is -0.410. The van der Waals surface area contributed by atoms with Crippen molar-refractivity contribution in [2.45, 2.75) is 10.5 Å². The second-order valence-electron chi connectivity index (χ2n) is 5.69. The maximum Gasteiger partial charge on any atom is 0.337 e. The predicted molar refractivity (Wildman–Crippen MR) is 93.4 cm³/mol. The molecule has 3 rings (SSSR count). The second-order valence-corrected chi connectivity index (χ2v) is 7.46. The molecule has 0 radical (unpaired) electrons. The first-order valence-electron chi connectivity index (χ1n) is 7.84. The predicted octanol–water partition coefficient (Wildman–Crippen LogP) is 1.87. The van der Waals surface area contributed by atoms with Gasteiger partial charge in [-0.05, 0) is 42.5 Å². The lowest BCUT2D eigenvalue weighted by Gasteiger charge is -2.25. The Bertz CT molecular complexity index is 956. The lowest BCUT2D eigenvalue weighted by Crippen LogP contribution is -2.41. The minimum Gasteiger partial charge on any atom is -0.472 e. The van der Waals surface area contributed by atoms with E-state index in [9.17, 15) is 18.3 Å². The standard InChI is InChI=1S/C18H17NO7S/c1-24-17(20)13-4-6-15(7-5-13)27(22,23)19-12-18(21,14-8-10-25-11-14)16-3-2-9-26-16/h2-11,19,21H,12H2,1H3. The van der Waals surface area contributed by atoms with Crippen molar-refractivity contribution in [2.75, 3.05) is 13.7 Å². The lowest BCUT2D eigenvalue weighted by atomic mass is 9.94. The highest BCUT2D eigenvalue weighted by atomic mass is 32.2. The Kier molecular flexibility index (Phi) is 5.17. The fourth-order valence-electron chi connectivity index (χ4n) is 2.52. The zero-order valence-corrected chi connectivity index (χ0v) is 15.1. The van der Waals surface area contributed by atoms with Crippen molar-refractivity contribution >= 4 is 16.0 Å². The molecular weight excluding hydrogens is 374 g/mol. The summed E-state index contributed by atoms with van der Waals surface area (Å²) < 4.78 is 42.4. The number of hydrogen-bond acceptors (Lipinski definition) is 7. The number of rotatable bonds is 7. The number of carbonyl (C=O) groups is 1. The largest absolute Gasteiger partial charge is 0.472 e. The molecule has 142 valence electrons. The Morgan fingerprint density at radius 1 is 1.19 bits per heavy atom. The topological polar surface area (TPSA) is 119 Å². The summed E-state index contributed by atoms with van der Waals surface area (Å²) in [6.45, 7) is -0.388. The van der Waals surface area contributed by atoms with Crippen molar-refractivity contribution in [3.8, 4) is 0 Å². The van der Waals surface area contributed by atoms with Crippen molar-refractivity contribution in [1.82, 2.24) is 4.72 Å². The number of nitrogens with one attached hydrogen (secondary N) is 1. The normalized spacial score (nSPS) is 13.9. The number of furan rings is 2. The minimum absolute atomic E-state index is 0.0656. The highest BCUT2D eigenvalue weighted by molar-refractivity contribution is 7.89. The first-order valence-corrected chi connectivity index (χ1v) is 9.32. The van der Waals surface area contributed by atoms with Crippen LogP contribution in [0, 0.1) is 0 Å². The molecule has 0 spiro atoms. The number of ether oxygens (including phenoxy) is 1. The Balaban J connectivity index is 1.84. The van der Waals surface area contributed by atoms with Crippen molar-refractivity contribution in [3.63, 3.8) is 0 Å². The molecule has 1 aromatic carbocycles. The first-order chi connectivity index (χ1) is 12.9. The number of aliphatic hydroxyl groups is 1. The highest BCUT2D eigenvalue weighted by Gasteiger charge is 2.37. The molecule has 1 atom stereocenters. The van der Waals surface area contributed by atoms with E-state index in [0.29, 0.717) is 5.56 Å². The van der Waals surface area contributed by atoms with Gasteiger partial charge in [-0.2, -0.15) is 0 Å². The first kappa shape index (κ1) is 18.9. The van der Waals surface area contributed by atoms with Crippen LogP contribution in [-0.2, 0) is 20.4 Å². The van der Waals surface area contributed by atoms with Gasteiger partial charge in [-0.1, -0.05) is 0 Å². The molecule has 2 heterocycles. The molecule has 9 heteroatoms. The summed E-state index contributed by atoms with van der Waals surface area (Å²) in [7, 11) is -2.72. The molecule has 0 saturated carbocycles.